The van der Waals surface area contributed by atoms with Gasteiger partial charge in [0.15, 0.2) is 0 Å². The van der Waals surface area contributed by atoms with Crippen LogP contribution in [0.2, 0.25) is 0 Å². The van der Waals surface area contributed by atoms with E-state index in [1.54, 1.807) is 30.3 Å². The summed E-state index contributed by atoms with van der Waals surface area (Å²) in [6.07, 6.45) is 3.70. The van der Waals surface area contributed by atoms with E-state index < -0.39 is 0 Å². The average Bonchev–Trinajstić information content (AvgIpc) is 2.51. The van der Waals surface area contributed by atoms with Crippen LogP contribution in [0.3, 0.4) is 0 Å². The molecule has 2 rings (SSSR count). The Morgan fingerprint density at radius 1 is 1.32 bits per heavy atom. The van der Waals surface area contributed by atoms with E-state index in [-0.39, 0.29) is 11.7 Å². The van der Waals surface area contributed by atoms with E-state index in [0.717, 1.165) is 10.0 Å². The minimum absolute atomic E-state index is 0.142. The molecule has 0 aliphatic heterocycles. The molecular weight excluding hydrogens is 344 g/mol. The number of carbonyl (C=O) groups excluding carboxylic acids is 1. The number of phenolic OH excluding ortho intramolecular Hbond substituents is 1. The lowest BCUT2D eigenvalue weighted by Gasteiger charge is -2.04. The normalized spacial score (nSPS) is 10.6. The van der Waals surface area contributed by atoms with E-state index >= 15 is 0 Å². The van der Waals surface area contributed by atoms with Crippen molar-refractivity contribution in [1.82, 2.24) is 5.43 Å². The topological polar surface area (TPSA) is 61.7 Å². The van der Waals surface area contributed by atoms with E-state index in [9.17, 15) is 9.90 Å². The highest BCUT2D eigenvalue weighted by Crippen LogP contribution is 2.21. The van der Waals surface area contributed by atoms with E-state index in [1.807, 2.05) is 18.2 Å². The van der Waals surface area contributed by atoms with Crippen molar-refractivity contribution in [3.05, 3.63) is 76.3 Å². The second-order valence-electron chi connectivity index (χ2n) is 4.56. The molecule has 0 saturated heterocycles. The fourth-order valence-corrected chi connectivity index (χ4v) is 2.29. The molecule has 0 aliphatic carbocycles. The zero-order valence-corrected chi connectivity index (χ0v) is 13.4. The van der Waals surface area contributed by atoms with Crippen molar-refractivity contribution in [2.45, 2.75) is 6.42 Å². The Hall–Kier alpha value is -2.40. The van der Waals surface area contributed by atoms with Crippen LogP contribution in [-0.2, 0) is 6.42 Å². The number of amides is 1. The summed E-state index contributed by atoms with van der Waals surface area (Å²) in [6, 6.07) is 12.3. The second kappa shape index (κ2) is 7.56. The Morgan fingerprint density at radius 3 is 2.82 bits per heavy atom. The van der Waals surface area contributed by atoms with Crippen LogP contribution in [0.1, 0.15) is 21.5 Å². The number of nitrogens with one attached hydrogen (secondary N) is 1. The number of halogens is 1. The molecule has 0 aliphatic rings. The third kappa shape index (κ3) is 4.05. The van der Waals surface area contributed by atoms with Gasteiger partial charge in [0.05, 0.1) is 6.21 Å². The van der Waals surface area contributed by atoms with E-state index in [2.05, 4.69) is 33.0 Å². The molecule has 0 radical (unpaired) electrons. The van der Waals surface area contributed by atoms with Crippen LogP contribution < -0.4 is 5.43 Å². The van der Waals surface area contributed by atoms with E-state index in [4.69, 9.17) is 0 Å². The third-order valence-electron chi connectivity index (χ3n) is 2.97. The van der Waals surface area contributed by atoms with E-state index in [0.29, 0.717) is 17.5 Å². The quantitative estimate of drug-likeness (QED) is 0.486. The molecule has 22 heavy (non-hydrogen) atoms. The first-order chi connectivity index (χ1) is 10.6. The van der Waals surface area contributed by atoms with Crippen molar-refractivity contribution in [1.29, 1.82) is 0 Å². The maximum atomic E-state index is 11.9. The predicted molar refractivity (Wildman–Crippen MR) is 91.2 cm³/mol. The van der Waals surface area contributed by atoms with Crippen LogP contribution in [0.25, 0.3) is 0 Å². The molecule has 4 nitrogen and oxygen atoms in total. The lowest BCUT2D eigenvalue weighted by molar-refractivity contribution is 0.0955. The summed E-state index contributed by atoms with van der Waals surface area (Å²) < 4.78 is 0.818. The van der Waals surface area contributed by atoms with Gasteiger partial charge in [-0.3, -0.25) is 4.79 Å². The summed E-state index contributed by atoms with van der Waals surface area (Å²) in [5.74, 6) is -0.179. The summed E-state index contributed by atoms with van der Waals surface area (Å²) in [4.78, 5) is 11.9. The number of benzene rings is 2. The molecule has 0 aromatic heterocycles. The number of aromatic hydroxyl groups is 1. The molecule has 112 valence electrons. The average molecular weight is 359 g/mol. The van der Waals surface area contributed by atoms with Crippen molar-refractivity contribution in [2.24, 2.45) is 5.10 Å². The first-order valence-electron chi connectivity index (χ1n) is 6.62. The lowest BCUT2D eigenvalue weighted by atomic mass is 10.1. The van der Waals surface area contributed by atoms with Gasteiger partial charge < -0.3 is 5.11 Å². The van der Waals surface area contributed by atoms with Crippen LogP contribution in [0.4, 0.5) is 0 Å². The van der Waals surface area contributed by atoms with Crippen LogP contribution in [0.5, 0.6) is 5.75 Å². The molecule has 2 aromatic carbocycles. The molecule has 0 fully saturated rings. The van der Waals surface area contributed by atoms with Gasteiger partial charge in [0.1, 0.15) is 5.75 Å². The van der Waals surface area contributed by atoms with Gasteiger partial charge in [0.2, 0.25) is 0 Å². The summed E-state index contributed by atoms with van der Waals surface area (Å²) >= 11 is 3.31. The molecule has 0 spiro atoms. The number of allylic oxidation sites excluding steroid dienone is 1. The highest BCUT2D eigenvalue weighted by molar-refractivity contribution is 9.10. The molecule has 0 atom stereocenters. The summed E-state index contributed by atoms with van der Waals surface area (Å²) in [7, 11) is 0. The molecule has 5 heteroatoms. The molecule has 0 bridgehead atoms. The number of rotatable bonds is 5. The van der Waals surface area contributed by atoms with Crippen molar-refractivity contribution in [3.8, 4) is 5.75 Å². The molecule has 0 heterocycles. The van der Waals surface area contributed by atoms with Crippen LogP contribution in [-0.4, -0.2) is 17.2 Å². The summed E-state index contributed by atoms with van der Waals surface area (Å²) in [6.45, 7) is 3.65. The van der Waals surface area contributed by atoms with Gasteiger partial charge in [-0.25, -0.2) is 5.43 Å². The zero-order chi connectivity index (χ0) is 15.9. The van der Waals surface area contributed by atoms with Gasteiger partial charge in [-0.15, -0.1) is 6.58 Å². The van der Waals surface area contributed by atoms with Gasteiger partial charge in [-0.1, -0.05) is 40.2 Å². The first kappa shape index (κ1) is 16.0. The van der Waals surface area contributed by atoms with Crippen LogP contribution >= 0.6 is 15.9 Å². The Balaban J connectivity index is 2.08. The molecule has 2 N–H and O–H groups in total. The number of carbonyl (C=O) groups is 1. The Kier molecular flexibility index (Phi) is 5.49. The smallest absolute Gasteiger partial charge is 0.271 e. The number of phenols is 1. The monoisotopic (exact) mass is 358 g/mol. The van der Waals surface area contributed by atoms with Crippen molar-refractivity contribution in [3.63, 3.8) is 0 Å². The molecule has 0 unspecified atom stereocenters. The van der Waals surface area contributed by atoms with Crippen LogP contribution in [0, 0.1) is 0 Å². The van der Waals surface area contributed by atoms with Gasteiger partial charge in [-0.05, 0) is 36.2 Å². The van der Waals surface area contributed by atoms with E-state index in [1.165, 1.54) is 6.21 Å². The Bertz CT molecular complexity index is 726. The largest absolute Gasteiger partial charge is 0.507 e. The second-order valence-corrected chi connectivity index (χ2v) is 5.47. The maximum absolute atomic E-state index is 11.9. The Morgan fingerprint density at radius 2 is 2.09 bits per heavy atom. The molecule has 2 aromatic rings. The SMILES string of the molecule is C=CCc1cccc(/C=N/NC(=O)c2cccc(Br)c2)c1O. The van der Waals surface area contributed by atoms with Gasteiger partial charge in [-0.2, -0.15) is 5.10 Å². The minimum atomic E-state index is -0.320. The number of para-hydroxylation sites is 1. The van der Waals surface area contributed by atoms with Gasteiger partial charge >= 0.3 is 0 Å². The molecular formula is C17H15BrN2O2. The first-order valence-corrected chi connectivity index (χ1v) is 7.42. The fraction of sp³-hybridized carbons (Fsp3) is 0.0588. The van der Waals surface area contributed by atoms with Crippen LogP contribution in [0.15, 0.2) is 64.7 Å². The Labute approximate surface area is 137 Å². The summed E-state index contributed by atoms with van der Waals surface area (Å²) in [5, 5.41) is 14.0. The summed E-state index contributed by atoms with van der Waals surface area (Å²) in [5.41, 5.74) is 4.23. The minimum Gasteiger partial charge on any atom is -0.507 e. The number of nitrogens with zero attached hydrogens (tertiary/aromatic N) is 1. The number of hydrogen-bond acceptors (Lipinski definition) is 3. The zero-order valence-electron chi connectivity index (χ0n) is 11.8. The highest BCUT2D eigenvalue weighted by Gasteiger charge is 2.05. The van der Waals surface area contributed by atoms with Crippen molar-refractivity contribution < 1.29 is 9.90 Å². The standard InChI is InChI=1S/C17H15BrN2O2/c1-2-5-12-6-3-8-14(16(12)21)11-19-20-17(22)13-7-4-9-15(18)10-13/h2-4,6-11,21H,1,5H2,(H,20,22)/b19-11+. The highest BCUT2D eigenvalue weighted by atomic mass is 79.9. The third-order valence-corrected chi connectivity index (χ3v) is 3.46. The number of hydrazone groups is 1. The fourth-order valence-electron chi connectivity index (χ4n) is 1.89. The lowest BCUT2D eigenvalue weighted by Crippen LogP contribution is -2.17. The number of hydrogen-bond donors (Lipinski definition) is 2. The molecule has 0 saturated carbocycles. The van der Waals surface area contributed by atoms with Crippen molar-refractivity contribution in [2.75, 3.05) is 0 Å². The molecule has 1 amide bonds. The van der Waals surface area contributed by atoms with Crippen molar-refractivity contribution >= 4 is 28.1 Å². The predicted octanol–water partition coefficient (Wildman–Crippen LogP) is 3.65. The van der Waals surface area contributed by atoms with Gasteiger partial charge in [0, 0.05) is 15.6 Å². The van der Waals surface area contributed by atoms with Gasteiger partial charge in [0.25, 0.3) is 5.91 Å². The maximum Gasteiger partial charge on any atom is 0.271 e.